The van der Waals surface area contributed by atoms with Crippen molar-refractivity contribution in [1.29, 1.82) is 0 Å². The second kappa shape index (κ2) is 8.49. The summed E-state index contributed by atoms with van der Waals surface area (Å²) < 4.78 is 0.883. The summed E-state index contributed by atoms with van der Waals surface area (Å²) in [5.74, 6) is -3.16. The standard InChI is InChI=1S/C21H24BrNO3/c1-12-7-13(2)9-16(8-12)10-18(15(4)21(25)26)20(24)23-17-6-5-14(3)19(22)11-17/h5-9,11,15,18H,10H2,1-4H3,(H,23,24)(H,25,26)/p-1/t15-,18-/m0/s1. The summed E-state index contributed by atoms with van der Waals surface area (Å²) in [5.41, 5.74) is 4.80. The van der Waals surface area contributed by atoms with Gasteiger partial charge in [-0.05, 0) is 50.5 Å². The van der Waals surface area contributed by atoms with Crippen LogP contribution in [0.15, 0.2) is 40.9 Å². The van der Waals surface area contributed by atoms with Crippen molar-refractivity contribution in [2.24, 2.45) is 11.8 Å². The van der Waals surface area contributed by atoms with E-state index in [-0.39, 0.29) is 5.91 Å². The van der Waals surface area contributed by atoms with Gasteiger partial charge in [0.15, 0.2) is 0 Å². The van der Waals surface area contributed by atoms with Gasteiger partial charge in [-0.15, -0.1) is 0 Å². The molecule has 0 aliphatic carbocycles. The number of halogens is 1. The summed E-state index contributed by atoms with van der Waals surface area (Å²) in [5, 5.41) is 14.3. The van der Waals surface area contributed by atoms with Crippen molar-refractivity contribution in [3.05, 3.63) is 63.1 Å². The fourth-order valence-corrected chi connectivity index (χ4v) is 3.39. The highest BCUT2D eigenvalue weighted by Gasteiger charge is 2.26. The lowest BCUT2D eigenvalue weighted by atomic mass is 9.86. The van der Waals surface area contributed by atoms with Crippen molar-refractivity contribution >= 4 is 33.5 Å². The average Bonchev–Trinajstić information content (AvgIpc) is 2.54. The molecule has 0 aliphatic heterocycles. The third-order valence-electron chi connectivity index (χ3n) is 4.49. The van der Waals surface area contributed by atoms with Crippen molar-refractivity contribution in [3.63, 3.8) is 0 Å². The summed E-state index contributed by atoms with van der Waals surface area (Å²) in [7, 11) is 0. The van der Waals surface area contributed by atoms with Gasteiger partial charge in [-0.2, -0.15) is 0 Å². The second-order valence-corrected chi connectivity index (χ2v) is 7.72. The van der Waals surface area contributed by atoms with Crippen LogP contribution in [-0.2, 0) is 16.0 Å². The van der Waals surface area contributed by atoms with E-state index in [1.807, 2.05) is 51.1 Å². The van der Waals surface area contributed by atoms with Gasteiger partial charge in [-0.3, -0.25) is 4.79 Å². The molecule has 0 unspecified atom stereocenters. The Bertz CT molecular complexity index is 812. The first-order valence-corrected chi connectivity index (χ1v) is 9.31. The highest BCUT2D eigenvalue weighted by atomic mass is 79.9. The third-order valence-corrected chi connectivity index (χ3v) is 5.34. The molecule has 26 heavy (non-hydrogen) atoms. The van der Waals surface area contributed by atoms with E-state index < -0.39 is 17.8 Å². The van der Waals surface area contributed by atoms with Crippen molar-refractivity contribution < 1.29 is 14.7 Å². The van der Waals surface area contributed by atoms with Crippen LogP contribution in [0.3, 0.4) is 0 Å². The summed E-state index contributed by atoms with van der Waals surface area (Å²) in [6, 6.07) is 11.5. The van der Waals surface area contributed by atoms with E-state index in [1.54, 1.807) is 6.07 Å². The number of carboxylic acid groups (broad SMARTS) is 1. The Morgan fingerprint density at radius 3 is 2.23 bits per heavy atom. The van der Waals surface area contributed by atoms with Gasteiger partial charge in [0, 0.05) is 22.0 Å². The molecule has 0 bridgehead atoms. The largest absolute Gasteiger partial charge is 0.550 e. The topological polar surface area (TPSA) is 69.2 Å². The number of amides is 1. The fraction of sp³-hybridized carbons (Fsp3) is 0.333. The van der Waals surface area contributed by atoms with Crippen LogP contribution in [0.25, 0.3) is 0 Å². The van der Waals surface area contributed by atoms with Crippen LogP contribution in [0.4, 0.5) is 5.69 Å². The molecule has 0 spiro atoms. The Morgan fingerprint density at radius 1 is 1.08 bits per heavy atom. The second-order valence-electron chi connectivity index (χ2n) is 6.87. The number of carbonyl (C=O) groups excluding carboxylic acids is 2. The van der Waals surface area contributed by atoms with E-state index in [9.17, 15) is 14.7 Å². The van der Waals surface area contributed by atoms with Crippen molar-refractivity contribution in [1.82, 2.24) is 0 Å². The van der Waals surface area contributed by atoms with Gasteiger partial charge in [0.2, 0.25) is 5.91 Å². The molecule has 4 nitrogen and oxygen atoms in total. The maximum Gasteiger partial charge on any atom is 0.228 e. The van der Waals surface area contributed by atoms with Crippen LogP contribution in [0.2, 0.25) is 0 Å². The molecule has 2 aromatic carbocycles. The summed E-state index contributed by atoms with van der Waals surface area (Å²) in [6.45, 7) is 7.44. The van der Waals surface area contributed by atoms with Crippen LogP contribution in [-0.4, -0.2) is 11.9 Å². The molecular weight excluding hydrogens is 394 g/mol. The number of benzene rings is 2. The SMILES string of the molecule is Cc1cc(C)cc(C[C@H](C(=O)Nc2ccc(C)c(Br)c2)[C@H](C)C(=O)[O-])c1. The van der Waals surface area contributed by atoms with E-state index >= 15 is 0 Å². The van der Waals surface area contributed by atoms with Crippen LogP contribution >= 0.6 is 15.9 Å². The maximum absolute atomic E-state index is 12.8. The highest BCUT2D eigenvalue weighted by molar-refractivity contribution is 9.10. The Hall–Kier alpha value is -2.14. The molecule has 5 heteroatoms. The predicted octanol–water partition coefficient (Wildman–Crippen LogP) is 3.56. The Morgan fingerprint density at radius 2 is 1.69 bits per heavy atom. The third kappa shape index (κ3) is 5.18. The molecular formula is C21H23BrNO3-. The molecule has 0 saturated heterocycles. The number of rotatable bonds is 6. The maximum atomic E-state index is 12.8. The van der Waals surface area contributed by atoms with E-state index in [1.165, 1.54) is 6.92 Å². The Kier molecular flexibility index (Phi) is 6.59. The first kappa shape index (κ1) is 20.2. The normalized spacial score (nSPS) is 13.1. The number of hydrogen-bond acceptors (Lipinski definition) is 3. The number of carbonyl (C=O) groups is 2. The zero-order valence-electron chi connectivity index (χ0n) is 15.4. The minimum absolute atomic E-state index is 0.323. The van der Waals surface area contributed by atoms with E-state index in [0.29, 0.717) is 12.1 Å². The van der Waals surface area contributed by atoms with Crippen LogP contribution < -0.4 is 10.4 Å². The van der Waals surface area contributed by atoms with Crippen LogP contribution in [0, 0.1) is 32.6 Å². The van der Waals surface area contributed by atoms with Crippen LogP contribution in [0.5, 0.6) is 0 Å². The van der Waals surface area contributed by atoms with Gasteiger partial charge in [-0.1, -0.05) is 58.2 Å². The van der Waals surface area contributed by atoms with Crippen molar-refractivity contribution in [2.45, 2.75) is 34.1 Å². The van der Waals surface area contributed by atoms with Gasteiger partial charge < -0.3 is 15.2 Å². The average molecular weight is 417 g/mol. The van der Waals surface area contributed by atoms with Gasteiger partial charge >= 0.3 is 0 Å². The van der Waals surface area contributed by atoms with E-state index in [2.05, 4.69) is 21.2 Å². The van der Waals surface area contributed by atoms with Crippen molar-refractivity contribution in [2.75, 3.05) is 5.32 Å². The number of anilines is 1. The van der Waals surface area contributed by atoms with Crippen molar-refractivity contribution in [3.8, 4) is 0 Å². The Labute approximate surface area is 162 Å². The smallest absolute Gasteiger partial charge is 0.228 e. The molecule has 138 valence electrons. The molecule has 0 radical (unpaired) electrons. The lowest BCUT2D eigenvalue weighted by molar-refractivity contribution is -0.312. The predicted molar refractivity (Wildman–Crippen MR) is 105 cm³/mol. The van der Waals surface area contributed by atoms with E-state index in [0.717, 1.165) is 26.7 Å². The molecule has 0 heterocycles. The van der Waals surface area contributed by atoms with Crippen LogP contribution in [0.1, 0.15) is 29.2 Å². The summed E-state index contributed by atoms with van der Waals surface area (Å²) >= 11 is 3.44. The van der Waals surface area contributed by atoms with Gasteiger partial charge in [0.25, 0.3) is 0 Å². The number of nitrogens with one attached hydrogen (secondary N) is 1. The lowest BCUT2D eigenvalue weighted by Gasteiger charge is -2.24. The first-order chi connectivity index (χ1) is 12.2. The van der Waals surface area contributed by atoms with Gasteiger partial charge in [-0.25, -0.2) is 0 Å². The summed E-state index contributed by atoms with van der Waals surface area (Å²) in [4.78, 5) is 24.2. The summed E-state index contributed by atoms with van der Waals surface area (Å²) in [6.07, 6.45) is 0.344. The molecule has 0 saturated carbocycles. The zero-order chi connectivity index (χ0) is 19.4. The van der Waals surface area contributed by atoms with Gasteiger partial charge in [0.05, 0.1) is 5.92 Å². The molecule has 1 amide bonds. The van der Waals surface area contributed by atoms with E-state index in [4.69, 9.17) is 0 Å². The minimum atomic E-state index is -1.22. The molecule has 2 aromatic rings. The first-order valence-electron chi connectivity index (χ1n) is 8.52. The molecule has 2 atom stereocenters. The highest BCUT2D eigenvalue weighted by Crippen LogP contribution is 2.24. The fourth-order valence-electron chi connectivity index (χ4n) is 3.01. The number of carboxylic acids is 1. The zero-order valence-corrected chi connectivity index (χ0v) is 17.0. The molecule has 1 N–H and O–H groups in total. The number of aryl methyl sites for hydroxylation is 3. The molecule has 2 rings (SSSR count). The minimum Gasteiger partial charge on any atom is -0.550 e. The van der Waals surface area contributed by atoms with Gasteiger partial charge in [0.1, 0.15) is 0 Å². The lowest BCUT2D eigenvalue weighted by Crippen LogP contribution is -2.40. The number of hydrogen-bond donors (Lipinski definition) is 1. The quantitative estimate of drug-likeness (QED) is 0.782. The molecule has 0 fully saturated rings. The molecule has 0 aliphatic rings. The monoisotopic (exact) mass is 416 g/mol. The molecule has 0 aromatic heterocycles. The number of aliphatic carboxylic acids is 1. The Balaban J connectivity index is 2.26.